The largest absolute Gasteiger partial charge is 0.317 e. The fourth-order valence-corrected chi connectivity index (χ4v) is 4.09. The molecule has 0 saturated carbocycles. The van der Waals surface area contributed by atoms with Gasteiger partial charge in [-0.15, -0.1) is 11.3 Å². The molecule has 0 unspecified atom stereocenters. The van der Waals surface area contributed by atoms with Crippen LogP contribution >= 0.6 is 11.3 Å². The van der Waals surface area contributed by atoms with E-state index in [-0.39, 0.29) is 0 Å². The highest BCUT2D eigenvalue weighted by Crippen LogP contribution is 2.33. The Hall–Kier alpha value is -0.380. The van der Waals surface area contributed by atoms with Crippen LogP contribution < -0.4 is 10.6 Å². The molecule has 0 aromatic carbocycles. The zero-order chi connectivity index (χ0) is 13.6. The fourth-order valence-electron chi connectivity index (χ4n) is 3.16. The Morgan fingerprint density at radius 2 is 1.95 bits per heavy atom. The Balaban J connectivity index is 1.81. The number of piperidine rings is 1. The lowest BCUT2D eigenvalue weighted by atomic mass is 9.75. The van der Waals surface area contributed by atoms with Crippen LogP contribution in [0, 0.1) is 5.41 Å². The quantitative estimate of drug-likeness (QED) is 0.798. The molecule has 3 heteroatoms. The first kappa shape index (κ1) is 15.0. The van der Waals surface area contributed by atoms with E-state index in [1.807, 2.05) is 11.3 Å². The molecule has 0 amide bonds. The van der Waals surface area contributed by atoms with Gasteiger partial charge in [-0.25, -0.2) is 0 Å². The Morgan fingerprint density at radius 3 is 2.58 bits per heavy atom. The van der Waals surface area contributed by atoms with E-state index in [2.05, 4.69) is 36.6 Å². The van der Waals surface area contributed by atoms with Crippen molar-refractivity contribution in [3.8, 4) is 0 Å². The lowest BCUT2D eigenvalue weighted by Crippen LogP contribution is -2.43. The van der Waals surface area contributed by atoms with Gasteiger partial charge in [-0.2, -0.15) is 0 Å². The van der Waals surface area contributed by atoms with E-state index in [1.54, 1.807) is 0 Å². The molecular weight excluding hydrogens is 252 g/mol. The second kappa shape index (κ2) is 7.41. The number of thiophene rings is 1. The summed E-state index contributed by atoms with van der Waals surface area (Å²) in [7, 11) is 0. The van der Waals surface area contributed by atoms with Crippen LogP contribution in [0.1, 0.15) is 49.3 Å². The first-order valence-corrected chi connectivity index (χ1v) is 8.59. The van der Waals surface area contributed by atoms with Crippen LogP contribution in [0.15, 0.2) is 12.1 Å². The van der Waals surface area contributed by atoms with Crippen molar-refractivity contribution in [3.63, 3.8) is 0 Å². The normalized spacial score (nSPS) is 18.6. The highest BCUT2D eigenvalue weighted by Gasteiger charge is 2.30. The van der Waals surface area contributed by atoms with E-state index in [0.29, 0.717) is 5.41 Å². The monoisotopic (exact) mass is 280 g/mol. The lowest BCUT2D eigenvalue weighted by Gasteiger charge is -2.38. The van der Waals surface area contributed by atoms with Crippen molar-refractivity contribution < 1.29 is 0 Å². The summed E-state index contributed by atoms with van der Waals surface area (Å²) in [6.07, 6.45) is 6.50. The maximum absolute atomic E-state index is 3.72. The molecule has 1 saturated heterocycles. The molecule has 0 atom stereocenters. The highest BCUT2D eigenvalue weighted by atomic mass is 32.1. The van der Waals surface area contributed by atoms with E-state index < -0.39 is 0 Å². The van der Waals surface area contributed by atoms with Gasteiger partial charge in [0.2, 0.25) is 0 Å². The van der Waals surface area contributed by atoms with Gasteiger partial charge in [-0.05, 0) is 56.3 Å². The maximum Gasteiger partial charge on any atom is 0.0300 e. The van der Waals surface area contributed by atoms with Gasteiger partial charge in [-0.1, -0.05) is 20.3 Å². The van der Waals surface area contributed by atoms with Crippen LogP contribution in [0.25, 0.3) is 0 Å². The summed E-state index contributed by atoms with van der Waals surface area (Å²) in [5.41, 5.74) is 0.546. The van der Waals surface area contributed by atoms with Gasteiger partial charge in [0.25, 0.3) is 0 Å². The predicted octanol–water partition coefficient (Wildman–Crippen LogP) is 3.57. The van der Waals surface area contributed by atoms with Crippen molar-refractivity contribution in [1.82, 2.24) is 10.6 Å². The molecule has 108 valence electrons. The molecule has 0 radical (unpaired) electrons. The molecule has 2 N–H and O–H groups in total. The van der Waals surface area contributed by atoms with Crippen molar-refractivity contribution >= 4 is 11.3 Å². The SMILES string of the molecule is CCCC1(CNCc2ccc(CC)s2)CCNCC1. The molecule has 1 aliphatic heterocycles. The number of rotatable bonds is 7. The zero-order valence-electron chi connectivity index (χ0n) is 12.4. The molecule has 0 aliphatic carbocycles. The average molecular weight is 280 g/mol. The Kier molecular flexibility index (Phi) is 5.86. The Labute approximate surface area is 122 Å². The smallest absolute Gasteiger partial charge is 0.0300 e. The van der Waals surface area contributed by atoms with Crippen molar-refractivity contribution in [1.29, 1.82) is 0 Å². The lowest BCUT2D eigenvalue weighted by molar-refractivity contribution is 0.176. The van der Waals surface area contributed by atoms with Crippen LogP contribution in [0.3, 0.4) is 0 Å². The Bertz CT molecular complexity index is 361. The highest BCUT2D eigenvalue weighted by molar-refractivity contribution is 7.11. The average Bonchev–Trinajstić information content (AvgIpc) is 2.88. The van der Waals surface area contributed by atoms with E-state index in [0.717, 1.165) is 13.0 Å². The van der Waals surface area contributed by atoms with Crippen LogP contribution in [-0.2, 0) is 13.0 Å². The number of aryl methyl sites for hydroxylation is 1. The predicted molar refractivity (Wildman–Crippen MR) is 84.8 cm³/mol. The van der Waals surface area contributed by atoms with Gasteiger partial charge < -0.3 is 10.6 Å². The third kappa shape index (κ3) is 4.30. The third-order valence-corrected chi connectivity index (χ3v) is 5.54. The van der Waals surface area contributed by atoms with E-state index in [9.17, 15) is 0 Å². The number of nitrogens with one attached hydrogen (secondary N) is 2. The van der Waals surface area contributed by atoms with Crippen molar-refractivity contribution in [2.24, 2.45) is 5.41 Å². The minimum atomic E-state index is 0.546. The van der Waals surface area contributed by atoms with Gasteiger partial charge in [-0.3, -0.25) is 0 Å². The molecule has 1 aliphatic rings. The molecular formula is C16H28N2S. The van der Waals surface area contributed by atoms with Gasteiger partial charge in [0.05, 0.1) is 0 Å². The summed E-state index contributed by atoms with van der Waals surface area (Å²) in [5, 5.41) is 7.21. The van der Waals surface area contributed by atoms with Crippen LogP contribution in [-0.4, -0.2) is 19.6 Å². The molecule has 0 bridgehead atoms. The summed E-state index contributed by atoms with van der Waals surface area (Å²) in [4.78, 5) is 2.99. The van der Waals surface area contributed by atoms with E-state index in [4.69, 9.17) is 0 Å². The second-order valence-corrected chi connectivity index (χ2v) is 7.08. The third-order valence-electron chi connectivity index (χ3n) is 4.31. The summed E-state index contributed by atoms with van der Waals surface area (Å²) in [6, 6.07) is 4.56. The molecule has 1 aromatic rings. The van der Waals surface area contributed by atoms with Gasteiger partial charge in [0, 0.05) is 22.8 Å². The van der Waals surface area contributed by atoms with E-state index >= 15 is 0 Å². The van der Waals surface area contributed by atoms with Gasteiger partial charge in [0.1, 0.15) is 0 Å². The zero-order valence-corrected chi connectivity index (χ0v) is 13.2. The number of hydrogen-bond donors (Lipinski definition) is 2. The molecule has 1 fully saturated rings. The molecule has 0 spiro atoms. The van der Waals surface area contributed by atoms with Crippen molar-refractivity contribution in [3.05, 3.63) is 21.9 Å². The van der Waals surface area contributed by atoms with Crippen LogP contribution in [0.2, 0.25) is 0 Å². The Morgan fingerprint density at radius 1 is 1.21 bits per heavy atom. The fraction of sp³-hybridized carbons (Fsp3) is 0.750. The summed E-state index contributed by atoms with van der Waals surface area (Å²) < 4.78 is 0. The molecule has 19 heavy (non-hydrogen) atoms. The second-order valence-electron chi connectivity index (χ2n) is 5.83. The maximum atomic E-state index is 3.72. The standard InChI is InChI=1S/C16H28N2S/c1-3-7-16(8-10-17-11-9-16)13-18-12-15-6-5-14(4-2)19-15/h5-6,17-18H,3-4,7-13H2,1-2H3. The number of hydrogen-bond acceptors (Lipinski definition) is 3. The summed E-state index contributed by atoms with van der Waals surface area (Å²) in [6.45, 7) is 9.16. The molecule has 2 nitrogen and oxygen atoms in total. The minimum Gasteiger partial charge on any atom is -0.317 e. The summed E-state index contributed by atoms with van der Waals surface area (Å²) >= 11 is 1.96. The van der Waals surface area contributed by atoms with Gasteiger partial charge >= 0.3 is 0 Å². The minimum absolute atomic E-state index is 0.546. The van der Waals surface area contributed by atoms with Crippen molar-refractivity contribution in [2.45, 2.75) is 52.5 Å². The van der Waals surface area contributed by atoms with E-state index in [1.165, 1.54) is 55.1 Å². The van der Waals surface area contributed by atoms with Crippen LogP contribution in [0.4, 0.5) is 0 Å². The van der Waals surface area contributed by atoms with Crippen molar-refractivity contribution in [2.75, 3.05) is 19.6 Å². The molecule has 1 aromatic heterocycles. The summed E-state index contributed by atoms with van der Waals surface area (Å²) in [5.74, 6) is 0. The first-order valence-electron chi connectivity index (χ1n) is 7.77. The first-order chi connectivity index (χ1) is 9.28. The molecule has 2 rings (SSSR count). The molecule has 2 heterocycles. The van der Waals surface area contributed by atoms with Crippen LogP contribution in [0.5, 0.6) is 0 Å². The van der Waals surface area contributed by atoms with Gasteiger partial charge in [0.15, 0.2) is 0 Å². The topological polar surface area (TPSA) is 24.1 Å².